The molecule has 0 saturated heterocycles. The molecular weight excluding hydrogens is 295 g/mol. The molecule has 2 rings (SSSR count). The van der Waals surface area contributed by atoms with E-state index in [2.05, 4.69) is 5.10 Å². The van der Waals surface area contributed by atoms with Crippen molar-refractivity contribution in [3.63, 3.8) is 0 Å². The highest BCUT2D eigenvalue weighted by molar-refractivity contribution is 6.31. The highest BCUT2D eigenvalue weighted by atomic mass is 35.5. The molecule has 0 fully saturated rings. The summed E-state index contributed by atoms with van der Waals surface area (Å²) in [7, 11) is 0. The standard InChI is InChI=1S/C15H18ClFN2O2/c1-4-19-14(15(16)9(2)18-19)8-21-11-5-6-12(10(3)20)13(17)7-11/h5-7,10,20H,4,8H2,1-3H3. The fourth-order valence-electron chi connectivity index (χ4n) is 2.10. The van der Waals surface area contributed by atoms with Gasteiger partial charge in [-0.1, -0.05) is 11.6 Å². The molecule has 1 unspecified atom stereocenters. The number of ether oxygens (including phenoxy) is 1. The van der Waals surface area contributed by atoms with Crippen LogP contribution in [0.2, 0.25) is 5.02 Å². The number of aryl methyl sites for hydroxylation is 2. The Labute approximate surface area is 128 Å². The molecule has 0 bridgehead atoms. The molecule has 0 aliphatic rings. The second-order valence-corrected chi connectivity index (χ2v) is 5.19. The first-order chi connectivity index (χ1) is 9.93. The van der Waals surface area contributed by atoms with Crippen molar-refractivity contribution in [2.45, 2.75) is 40.0 Å². The third kappa shape index (κ3) is 3.36. The second kappa shape index (κ2) is 6.45. The van der Waals surface area contributed by atoms with Gasteiger partial charge in [0.25, 0.3) is 0 Å². The lowest BCUT2D eigenvalue weighted by Gasteiger charge is -2.11. The monoisotopic (exact) mass is 312 g/mol. The molecular formula is C15H18ClFN2O2. The summed E-state index contributed by atoms with van der Waals surface area (Å²) in [6, 6.07) is 4.40. The molecule has 1 aromatic heterocycles. The maximum atomic E-state index is 13.8. The van der Waals surface area contributed by atoms with Crippen molar-refractivity contribution in [2.24, 2.45) is 0 Å². The van der Waals surface area contributed by atoms with Crippen LogP contribution in [0.3, 0.4) is 0 Å². The summed E-state index contributed by atoms with van der Waals surface area (Å²) in [6.45, 7) is 6.20. The molecule has 2 aromatic rings. The quantitative estimate of drug-likeness (QED) is 0.917. The van der Waals surface area contributed by atoms with E-state index in [0.717, 1.165) is 11.4 Å². The molecule has 0 radical (unpaired) electrons. The van der Waals surface area contributed by atoms with Gasteiger partial charge in [-0.25, -0.2) is 4.39 Å². The zero-order chi connectivity index (χ0) is 15.6. The smallest absolute Gasteiger partial charge is 0.132 e. The molecule has 1 heterocycles. The Morgan fingerprint density at radius 2 is 2.19 bits per heavy atom. The van der Waals surface area contributed by atoms with E-state index in [1.165, 1.54) is 19.1 Å². The third-order valence-electron chi connectivity index (χ3n) is 3.25. The number of halogens is 2. The number of benzene rings is 1. The van der Waals surface area contributed by atoms with Crippen molar-refractivity contribution in [1.29, 1.82) is 0 Å². The van der Waals surface area contributed by atoms with Crippen LogP contribution in [0.25, 0.3) is 0 Å². The van der Waals surface area contributed by atoms with E-state index >= 15 is 0 Å². The molecule has 0 spiro atoms. The van der Waals surface area contributed by atoms with Crippen molar-refractivity contribution >= 4 is 11.6 Å². The minimum atomic E-state index is -0.849. The van der Waals surface area contributed by atoms with Crippen LogP contribution in [0.5, 0.6) is 5.75 Å². The molecule has 0 saturated carbocycles. The molecule has 6 heteroatoms. The third-order valence-corrected chi connectivity index (χ3v) is 3.74. The van der Waals surface area contributed by atoms with Crippen LogP contribution < -0.4 is 4.74 Å². The van der Waals surface area contributed by atoms with Crippen LogP contribution in [0.4, 0.5) is 4.39 Å². The summed E-state index contributed by atoms with van der Waals surface area (Å²) < 4.78 is 21.1. The van der Waals surface area contributed by atoms with Crippen molar-refractivity contribution in [3.8, 4) is 5.75 Å². The highest BCUT2D eigenvalue weighted by Crippen LogP contribution is 2.25. The SMILES string of the molecule is CCn1nc(C)c(Cl)c1COc1ccc(C(C)O)c(F)c1. The lowest BCUT2D eigenvalue weighted by molar-refractivity contribution is 0.193. The van der Waals surface area contributed by atoms with Crippen LogP contribution in [-0.4, -0.2) is 14.9 Å². The molecule has 1 N–H and O–H groups in total. The minimum absolute atomic E-state index is 0.209. The van der Waals surface area contributed by atoms with Crippen molar-refractivity contribution in [2.75, 3.05) is 0 Å². The van der Waals surface area contributed by atoms with Crippen LogP contribution in [0.15, 0.2) is 18.2 Å². The van der Waals surface area contributed by atoms with Gasteiger partial charge in [-0.15, -0.1) is 0 Å². The van der Waals surface area contributed by atoms with Gasteiger partial charge in [0.15, 0.2) is 0 Å². The minimum Gasteiger partial charge on any atom is -0.487 e. The first kappa shape index (κ1) is 15.8. The lowest BCUT2D eigenvalue weighted by Crippen LogP contribution is -2.07. The highest BCUT2D eigenvalue weighted by Gasteiger charge is 2.14. The fraction of sp³-hybridized carbons (Fsp3) is 0.400. The Morgan fingerprint density at radius 1 is 1.48 bits per heavy atom. The topological polar surface area (TPSA) is 47.3 Å². The Morgan fingerprint density at radius 3 is 2.76 bits per heavy atom. The number of aliphatic hydroxyl groups excluding tert-OH is 1. The van der Waals surface area contributed by atoms with Gasteiger partial charge in [0, 0.05) is 18.2 Å². The predicted octanol–water partition coefficient (Wildman–Crippen LogP) is 3.64. The number of hydrogen-bond acceptors (Lipinski definition) is 3. The first-order valence-electron chi connectivity index (χ1n) is 6.76. The molecule has 1 atom stereocenters. The normalized spacial score (nSPS) is 12.5. The van der Waals surface area contributed by atoms with Gasteiger partial charge in [0.1, 0.15) is 18.2 Å². The predicted molar refractivity (Wildman–Crippen MR) is 79.0 cm³/mol. The fourth-order valence-corrected chi connectivity index (χ4v) is 2.28. The summed E-state index contributed by atoms with van der Waals surface area (Å²) >= 11 is 6.19. The van der Waals surface area contributed by atoms with Gasteiger partial charge in [-0.2, -0.15) is 5.10 Å². The zero-order valence-electron chi connectivity index (χ0n) is 12.2. The maximum Gasteiger partial charge on any atom is 0.132 e. The van der Waals surface area contributed by atoms with Gasteiger partial charge >= 0.3 is 0 Å². The number of aromatic nitrogens is 2. The molecule has 0 amide bonds. The molecule has 21 heavy (non-hydrogen) atoms. The van der Waals surface area contributed by atoms with E-state index in [9.17, 15) is 9.50 Å². The van der Waals surface area contributed by atoms with Gasteiger partial charge < -0.3 is 9.84 Å². The summed E-state index contributed by atoms with van der Waals surface area (Å²) in [5.41, 5.74) is 1.75. The Kier molecular flexibility index (Phi) is 4.85. The van der Waals surface area contributed by atoms with E-state index in [0.29, 0.717) is 17.3 Å². The van der Waals surface area contributed by atoms with Crippen molar-refractivity contribution in [3.05, 3.63) is 46.0 Å². The van der Waals surface area contributed by atoms with Gasteiger partial charge in [-0.3, -0.25) is 4.68 Å². The first-order valence-corrected chi connectivity index (χ1v) is 7.14. The average molecular weight is 313 g/mol. The van der Waals surface area contributed by atoms with E-state index in [4.69, 9.17) is 16.3 Å². The van der Waals surface area contributed by atoms with Gasteiger partial charge in [0.05, 0.1) is 22.5 Å². The Bertz CT molecular complexity index is 641. The average Bonchev–Trinajstić information content (AvgIpc) is 2.71. The van der Waals surface area contributed by atoms with Crippen LogP contribution in [0, 0.1) is 12.7 Å². The van der Waals surface area contributed by atoms with E-state index < -0.39 is 11.9 Å². The van der Waals surface area contributed by atoms with Crippen molar-refractivity contribution < 1.29 is 14.2 Å². The van der Waals surface area contributed by atoms with Gasteiger partial charge in [-0.05, 0) is 32.9 Å². The molecule has 114 valence electrons. The second-order valence-electron chi connectivity index (χ2n) is 4.81. The Hall–Kier alpha value is -1.59. The largest absolute Gasteiger partial charge is 0.487 e. The molecule has 0 aliphatic carbocycles. The van der Waals surface area contributed by atoms with E-state index in [1.54, 1.807) is 10.7 Å². The van der Waals surface area contributed by atoms with Crippen molar-refractivity contribution in [1.82, 2.24) is 9.78 Å². The lowest BCUT2D eigenvalue weighted by atomic mass is 10.1. The number of aliphatic hydroxyl groups is 1. The molecule has 4 nitrogen and oxygen atoms in total. The van der Waals surface area contributed by atoms with Gasteiger partial charge in [0.2, 0.25) is 0 Å². The Balaban J connectivity index is 2.15. The summed E-state index contributed by atoms with van der Waals surface area (Å²) in [4.78, 5) is 0. The number of hydrogen-bond donors (Lipinski definition) is 1. The molecule has 1 aromatic carbocycles. The summed E-state index contributed by atoms with van der Waals surface area (Å²) in [5.74, 6) is -0.108. The van der Waals surface area contributed by atoms with E-state index in [-0.39, 0.29) is 12.2 Å². The summed E-state index contributed by atoms with van der Waals surface area (Å²) in [6.07, 6.45) is -0.849. The van der Waals surface area contributed by atoms with Crippen LogP contribution in [-0.2, 0) is 13.2 Å². The number of rotatable bonds is 5. The zero-order valence-corrected chi connectivity index (χ0v) is 13.0. The van der Waals surface area contributed by atoms with E-state index in [1.807, 2.05) is 13.8 Å². The maximum absolute atomic E-state index is 13.8. The number of nitrogens with zero attached hydrogens (tertiary/aromatic N) is 2. The van der Waals surface area contributed by atoms with Crippen LogP contribution in [0.1, 0.15) is 36.9 Å². The molecule has 0 aliphatic heterocycles. The summed E-state index contributed by atoms with van der Waals surface area (Å²) in [5, 5.41) is 14.3. The van der Waals surface area contributed by atoms with Crippen LogP contribution >= 0.6 is 11.6 Å².